The molecule has 0 N–H and O–H groups in total. The molecule has 0 saturated heterocycles. The van der Waals surface area contributed by atoms with Gasteiger partial charge in [-0.1, -0.05) is 48.0 Å². The number of carbonyl (C=O) groups excluding carboxylic acids is 1. The molecule has 0 amide bonds. The number of rotatable bonds is 3. The highest BCUT2D eigenvalue weighted by molar-refractivity contribution is 6.34. The molecule has 0 aromatic heterocycles. The standard InChI is InChI=1S/C14H10Cl2O/c15-9-10-5-7-11(8-6-10)14(17)12-3-1-2-4-13(12)16/h1-8H,9H2. The van der Waals surface area contributed by atoms with Gasteiger partial charge >= 0.3 is 0 Å². The molecule has 0 aliphatic heterocycles. The molecule has 0 saturated carbocycles. The topological polar surface area (TPSA) is 17.1 Å². The van der Waals surface area contributed by atoms with Crippen molar-refractivity contribution in [3.05, 3.63) is 70.2 Å². The molecule has 0 bridgehead atoms. The molecular weight excluding hydrogens is 255 g/mol. The Morgan fingerprint density at radius 2 is 1.65 bits per heavy atom. The van der Waals surface area contributed by atoms with Crippen molar-refractivity contribution in [2.45, 2.75) is 5.88 Å². The molecule has 2 aromatic rings. The monoisotopic (exact) mass is 264 g/mol. The number of benzene rings is 2. The molecule has 17 heavy (non-hydrogen) atoms. The Hall–Kier alpha value is -1.31. The van der Waals surface area contributed by atoms with Crippen molar-refractivity contribution in [1.82, 2.24) is 0 Å². The van der Waals surface area contributed by atoms with Crippen molar-refractivity contribution in [2.75, 3.05) is 0 Å². The Balaban J connectivity index is 2.34. The highest BCUT2D eigenvalue weighted by Gasteiger charge is 2.11. The third kappa shape index (κ3) is 2.68. The first-order valence-electron chi connectivity index (χ1n) is 5.16. The molecule has 0 atom stereocenters. The zero-order chi connectivity index (χ0) is 12.3. The lowest BCUT2D eigenvalue weighted by atomic mass is 10.0. The molecule has 0 spiro atoms. The van der Waals surface area contributed by atoms with Gasteiger partial charge in [0.15, 0.2) is 5.78 Å². The van der Waals surface area contributed by atoms with E-state index < -0.39 is 0 Å². The van der Waals surface area contributed by atoms with Crippen LogP contribution in [0.3, 0.4) is 0 Å². The van der Waals surface area contributed by atoms with Crippen molar-refractivity contribution in [3.63, 3.8) is 0 Å². The number of alkyl halides is 1. The summed E-state index contributed by atoms with van der Waals surface area (Å²) in [7, 11) is 0. The van der Waals surface area contributed by atoms with Crippen LogP contribution in [0.4, 0.5) is 0 Å². The Labute approximate surface area is 110 Å². The molecule has 86 valence electrons. The lowest BCUT2D eigenvalue weighted by Crippen LogP contribution is -2.01. The van der Waals surface area contributed by atoms with Crippen LogP contribution in [0.15, 0.2) is 48.5 Å². The van der Waals surface area contributed by atoms with Crippen LogP contribution in [0, 0.1) is 0 Å². The van der Waals surface area contributed by atoms with Crippen LogP contribution in [0.5, 0.6) is 0 Å². The van der Waals surface area contributed by atoms with Gasteiger partial charge in [-0.3, -0.25) is 4.79 Å². The van der Waals surface area contributed by atoms with Crippen LogP contribution in [0.2, 0.25) is 5.02 Å². The van der Waals surface area contributed by atoms with E-state index in [4.69, 9.17) is 23.2 Å². The minimum atomic E-state index is -0.0725. The highest BCUT2D eigenvalue weighted by Crippen LogP contribution is 2.19. The second kappa shape index (κ2) is 5.35. The SMILES string of the molecule is O=C(c1ccc(CCl)cc1)c1ccccc1Cl. The number of ketones is 1. The predicted molar refractivity (Wildman–Crippen MR) is 70.9 cm³/mol. The van der Waals surface area contributed by atoms with Gasteiger partial charge in [0.05, 0.1) is 5.02 Å². The molecule has 2 rings (SSSR count). The van der Waals surface area contributed by atoms with E-state index >= 15 is 0 Å². The van der Waals surface area contributed by atoms with Gasteiger partial charge in [-0.05, 0) is 17.7 Å². The maximum absolute atomic E-state index is 12.1. The van der Waals surface area contributed by atoms with E-state index in [0.717, 1.165) is 5.56 Å². The molecule has 0 fully saturated rings. The van der Waals surface area contributed by atoms with Crippen LogP contribution in [0.25, 0.3) is 0 Å². The van der Waals surface area contributed by atoms with Crippen LogP contribution < -0.4 is 0 Å². The van der Waals surface area contributed by atoms with Crippen molar-refractivity contribution in [2.24, 2.45) is 0 Å². The van der Waals surface area contributed by atoms with Gasteiger partial charge in [-0.15, -0.1) is 11.6 Å². The average Bonchev–Trinajstić information content (AvgIpc) is 2.39. The molecule has 3 heteroatoms. The second-order valence-electron chi connectivity index (χ2n) is 3.64. The fourth-order valence-electron chi connectivity index (χ4n) is 1.55. The van der Waals surface area contributed by atoms with Gasteiger partial charge < -0.3 is 0 Å². The zero-order valence-corrected chi connectivity index (χ0v) is 10.5. The summed E-state index contributed by atoms with van der Waals surface area (Å²) in [6.07, 6.45) is 0. The Morgan fingerprint density at radius 3 is 2.24 bits per heavy atom. The first kappa shape index (κ1) is 12.2. The van der Waals surface area contributed by atoms with E-state index in [2.05, 4.69) is 0 Å². The van der Waals surface area contributed by atoms with Crippen LogP contribution in [0.1, 0.15) is 21.5 Å². The Kier molecular flexibility index (Phi) is 3.82. The molecule has 0 heterocycles. The molecular formula is C14H10Cl2O. The van der Waals surface area contributed by atoms with Gasteiger partial charge in [-0.25, -0.2) is 0 Å². The zero-order valence-electron chi connectivity index (χ0n) is 8.99. The van der Waals surface area contributed by atoms with E-state index in [0.29, 0.717) is 22.0 Å². The fourth-order valence-corrected chi connectivity index (χ4v) is 1.95. The summed E-state index contributed by atoms with van der Waals surface area (Å²) >= 11 is 11.7. The summed E-state index contributed by atoms with van der Waals surface area (Å²) in [5.41, 5.74) is 2.13. The summed E-state index contributed by atoms with van der Waals surface area (Å²) in [6.45, 7) is 0. The van der Waals surface area contributed by atoms with E-state index in [1.807, 2.05) is 12.1 Å². The van der Waals surface area contributed by atoms with Crippen LogP contribution in [-0.4, -0.2) is 5.78 Å². The summed E-state index contributed by atoms with van der Waals surface area (Å²) < 4.78 is 0. The Morgan fingerprint density at radius 1 is 1.00 bits per heavy atom. The van der Waals surface area contributed by atoms with E-state index in [9.17, 15) is 4.79 Å². The van der Waals surface area contributed by atoms with E-state index in [1.54, 1.807) is 36.4 Å². The normalized spacial score (nSPS) is 10.2. The van der Waals surface area contributed by atoms with Crippen molar-refractivity contribution in [1.29, 1.82) is 0 Å². The molecule has 0 unspecified atom stereocenters. The first-order valence-corrected chi connectivity index (χ1v) is 6.08. The smallest absolute Gasteiger partial charge is 0.194 e. The summed E-state index contributed by atoms with van der Waals surface area (Å²) in [6, 6.07) is 14.3. The number of carbonyl (C=O) groups is 1. The third-order valence-electron chi connectivity index (χ3n) is 2.49. The van der Waals surface area contributed by atoms with Crippen LogP contribution in [-0.2, 0) is 5.88 Å². The van der Waals surface area contributed by atoms with Gasteiger partial charge in [0, 0.05) is 17.0 Å². The minimum Gasteiger partial charge on any atom is -0.289 e. The number of halogens is 2. The van der Waals surface area contributed by atoms with E-state index in [1.165, 1.54) is 0 Å². The molecule has 1 nitrogen and oxygen atoms in total. The molecule has 0 radical (unpaired) electrons. The quantitative estimate of drug-likeness (QED) is 0.597. The van der Waals surface area contributed by atoms with Crippen molar-refractivity contribution in [3.8, 4) is 0 Å². The summed E-state index contributed by atoms with van der Waals surface area (Å²) in [5, 5.41) is 0.471. The number of hydrogen-bond donors (Lipinski definition) is 0. The lowest BCUT2D eigenvalue weighted by Gasteiger charge is -2.04. The first-order chi connectivity index (χ1) is 8.22. The predicted octanol–water partition coefficient (Wildman–Crippen LogP) is 4.31. The van der Waals surface area contributed by atoms with Crippen molar-refractivity contribution >= 4 is 29.0 Å². The summed E-state index contributed by atoms with van der Waals surface area (Å²) in [5.74, 6) is 0.373. The fraction of sp³-hybridized carbons (Fsp3) is 0.0714. The van der Waals surface area contributed by atoms with Gasteiger partial charge in [0.1, 0.15) is 0 Å². The lowest BCUT2D eigenvalue weighted by molar-refractivity contribution is 0.103. The van der Waals surface area contributed by atoms with Crippen LogP contribution >= 0.6 is 23.2 Å². The van der Waals surface area contributed by atoms with E-state index in [-0.39, 0.29) is 5.78 Å². The molecule has 2 aromatic carbocycles. The number of hydrogen-bond acceptors (Lipinski definition) is 1. The summed E-state index contributed by atoms with van der Waals surface area (Å²) in [4.78, 5) is 12.1. The van der Waals surface area contributed by atoms with Gasteiger partial charge in [0.2, 0.25) is 0 Å². The highest BCUT2D eigenvalue weighted by atomic mass is 35.5. The van der Waals surface area contributed by atoms with Gasteiger partial charge in [0.25, 0.3) is 0 Å². The van der Waals surface area contributed by atoms with Gasteiger partial charge in [-0.2, -0.15) is 0 Å². The molecule has 0 aliphatic carbocycles. The Bertz CT molecular complexity index is 532. The maximum Gasteiger partial charge on any atom is 0.194 e. The largest absolute Gasteiger partial charge is 0.289 e. The molecule has 0 aliphatic rings. The van der Waals surface area contributed by atoms with Crippen molar-refractivity contribution < 1.29 is 4.79 Å². The second-order valence-corrected chi connectivity index (χ2v) is 4.31. The maximum atomic E-state index is 12.1. The minimum absolute atomic E-state index is 0.0725. The third-order valence-corrected chi connectivity index (χ3v) is 3.13. The average molecular weight is 265 g/mol.